The van der Waals surface area contributed by atoms with E-state index in [4.69, 9.17) is 40.5 Å². The van der Waals surface area contributed by atoms with E-state index in [-0.39, 0.29) is 0 Å². The summed E-state index contributed by atoms with van der Waals surface area (Å²) in [5.41, 5.74) is 6.55. The number of hydrogen-bond donors (Lipinski definition) is 1. The van der Waals surface area contributed by atoms with Crippen LogP contribution in [0, 0.1) is 0 Å². The summed E-state index contributed by atoms with van der Waals surface area (Å²) in [7, 11) is 0. The molecule has 0 amide bonds. The van der Waals surface area contributed by atoms with Gasteiger partial charge in [-0.05, 0) is 49.4 Å². The van der Waals surface area contributed by atoms with Crippen molar-refractivity contribution in [3.63, 3.8) is 0 Å². The molecule has 1 unspecified atom stereocenters. The molecule has 96 valence electrons. The summed E-state index contributed by atoms with van der Waals surface area (Å²) < 4.78 is 0. The Labute approximate surface area is 118 Å². The predicted molar refractivity (Wildman–Crippen MR) is 77.4 cm³/mol. The SMILES string of the molecule is CCCC(CCCN)c1c(Cl)ccc(Cl)c1Cl. The van der Waals surface area contributed by atoms with Crippen molar-refractivity contribution in [2.45, 2.75) is 38.5 Å². The first-order valence-electron chi connectivity index (χ1n) is 5.95. The van der Waals surface area contributed by atoms with Crippen LogP contribution in [0.4, 0.5) is 0 Å². The zero-order chi connectivity index (χ0) is 12.8. The molecule has 1 atom stereocenters. The summed E-state index contributed by atoms with van der Waals surface area (Å²) in [4.78, 5) is 0. The van der Waals surface area contributed by atoms with Gasteiger partial charge in [-0.25, -0.2) is 0 Å². The van der Waals surface area contributed by atoms with Crippen LogP contribution in [0.15, 0.2) is 12.1 Å². The number of hydrogen-bond acceptors (Lipinski definition) is 1. The third-order valence-electron chi connectivity index (χ3n) is 2.88. The second-order valence-electron chi connectivity index (χ2n) is 4.17. The van der Waals surface area contributed by atoms with E-state index in [2.05, 4.69) is 6.92 Å². The largest absolute Gasteiger partial charge is 0.330 e. The maximum absolute atomic E-state index is 6.26. The molecule has 1 aromatic carbocycles. The number of nitrogens with two attached hydrogens (primary N) is 1. The molecule has 0 radical (unpaired) electrons. The van der Waals surface area contributed by atoms with Crippen molar-refractivity contribution >= 4 is 34.8 Å². The molecule has 1 nitrogen and oxygen atoms in total. The van der Waals surface area contributed by atoms with Crippen molar-refractivity contribution in [3.05, 3.63) is 32.8 Å². The minimum Gasteiger partial charge on any atom is -0.330 e. The summed E-state index contributed by atoms with van der Waals surface area (Å²) in [6, 6.07) is 3.55. The van der Waals surface area contributed by atoms with Gasteiger partial charge >= 0.3 is 0 Å². The zero-order valence-corrected chi connectivity index (χ0v) is 12.2. The van der Waals surface area contributed by atoms with Gasteiger partial charge in [0, 0.05) is 5.02 Å². The monoisotopic (exact) mass is 293 g/mol. The molecule has 0 fully saturated rings. The highest BCUT2D eigenvalue weighted by atomic mass is 35.5. The summed E-state index contributed by atoms with van der Waals surface area (Å²) in [5.74, 6) is 0.349. The Morgan fingerprint density at radius 1 is 1.12 bits per heavy atom. The average molecular weight is 295 g/mol. The van der Waals surface area contributed by atoms with Gasteiger partial charge in [0.1, 0.15) is 0 Å². The normalized spacial score (nSPS) is 12.8. The minimum absolute atomic E-state index is 0.349. The molecule has 0 saturated heterocycles. The molecule has 0 aromatic heterocycles. The molecular weight excluding hydrogens is 277 g/mol. The number of benzene rings is 1. The molecule has 1 rings (SSSR count). The first kappa shape index (κ1) is 15.1. The second-order valence-corrected chi connectivity index (χ2v) is 5.37. The predicted octanol–water partition coefficient (Wildman–Crippen LogP) is 5.27. The van der Waals surface area contributed by atoms with Gasteiger partial charge in [0.25, 0.3) is 0 Å². The summed E-state index contributed by atoms with van der Waals surface area (Å²) in [6.45, 7) is 2.85. The van der Waals surface area contributed by atoms with Crippen LogP contribution in [0.1, 0.15) is 44.1 Å². The first-order chi connectivity index (χ1) is 8.11. The molecule has 0 saturated carbocycles. The van der Waals surface area contributed by atoms with Gasteiger partial charge in [-0.3, -0.25) is 0 Å². The molecule has 4 heteroatoms. The molecule has 0 aliphatic rings. The highest BCUT2D eigenvalue weighted by Crippen LogP contribution is 2.40. The Kier molecular flexibility index (Phi) is 6.65. The van der Waals surface area contributed by atoms with Gasteiger partial charge in [-0.1, -0.05) is 48.1 Å². The van der Waals surface area contributed by atoms with Crippen LogP contribution in [0.2, 0.25) is 15.1 Å². The van der Waals surface area contributed by atoms with Gasteiger partial charge in [-0.2, -0.15) is 0 Å². The molecule has 0 heterocycles. The topological polar surface area (TPSA) is 26.0 Å². The molecule has 17 heavy (non-hydrogen) atoms. The van der Waals surface area contributed by atoms with Crippen LogP contribution in [0.3, 0.4) is 0 Å². The van der Waals surface area contributed by atoms with Crippen LogP contribution in [0.5, 0.6) is 0 Å². The van der Waals surface area contributed by atoms with E-state index in [9.17, 15) is 0 Å². The molecule has 0 aliphatic heterocycles. The fraction of sp³-hybridized carbons (Fsp3) is 0.538. The lowest BCUT2D eigenvalue weighted by Gasteiger charge is -2.19. The van der Waals surface area contributed by atoms with Crippen molar-refractivity contribution in [2.75, 3.05) is 6.54 Å². The molecule has 0 aliphatic carbocycles. The third kappa shape index (κ3) is 4.03. The Balaban J connectivity index is 3.03. The highest BCUT2D eigenvalue weighted by Gasteiger charge is 2.18. The Bertz CT molecular complexity index is 366. The van der Waals surface area contributed by atoms with Gasteiger partial charge in [0.15, 0.2) is 0 Å². The number of halogens is 3. The van der Waals surface area contributed by atoms with Crippen molar-refractivity contribution in [1.29, 1.82) is 0 Å². The molecule has 1 aromatic rings. The van der Waals surface area contributed by atoms with Gasteiger partial charge in [0.05, 0.1) is 10.0 Å². The van der Waals surface area contributed by atoms with Crippen molar-refractivity contribution in [1.82, 2.24) is 0 Å². The van der Waals surface area contributed by atoms with E-state index in [1.165, 1.54) is 0 Å². The van der Waals surface area contributed by atoms with Crippen LogP contribution >= 0.6 is 34.8 Å². The second kappa shape index (κ2) is 7.48. The summed E-state index contributed by atoms with van der Waals surface area (Å²) in [5, 5.41) is 1.87. The molecule has 0 bridgehead atoms. The van der Waals surface area contributed by atoms with Crippen LogP contribution in [0.25, 0.3) is 0 Å². The van der Waals surface area contributed by atoms with Crippen LogP contribution in [-0.2, 0) is 0 Å². The van der Waals surface area contributed by atoms with Gasteiger partial charge < -0.3 is 5.73 Å². The van der Waals surface area contributed by atoms with E-state index >= 15 is 0 Å². The third-order valence-corrected chi connectivity index (χ3v) is 4.03. The zero-order valence-electron chi connectivity index (χ0n) is 9.98. The van der Waals surface area contributed by atoms with Crippen molar-refractivity contribution < 1.29 is 0 Å². The van der Waals surface area contributed by atoms with Crippen molar-refractivity contribution in [2.24, 2.45) is 5.73 Å². The first-order valence-corrected chi connectivity index (χ1v) is 7.08. The standard InChI is InChI=1S/C13H18Cl3N/c1-2-4-9(5-3-8-17)12-10(14)6-7-11(15)13(12)16/h6-7,9H,2-5,8,17H2,1H3. The average Bonchev–Trinajstić information content (AvgIpc) is 2.31. The lowest BCUT2D eigenvalue weighted by molar-refractivity contribution is 0.550. The Morgan fingerprint density at radius 3 is 2.35 bits per heavy atom. The molecule has 2 N–H and O–H groups in total. The number of rotatable bonds is 6. The van der Waals surface area contributed by atoms with E-state index in [0.29, 0.717) is 27.5 Å². The lowest BCUT2D eigenvalue weighted by Crippen LogP contribution is -2.06. The minimum atomic E-state index is 0.349. The highest BCUT2D eigenvalue weighted by molar-refractivity contribution is 6.44. The maximum atomic E-state index is 6.26. The molecule has 0 spiro atoms. The van der Waals surface area contributed by atoms with Gasteiger partial charge in [0.2, 0.25) is 0 Å². The fourth-order valence-corrected chi connectivity index (χ4v) is 2.91. The lowest BCUT2D eigenvalue weighted by atomic mass is 9.90. The quantitative estimate of drug-likeness (QED) is 0.711. The van der Waals surface area contributed by atoms with E-state index in [1.807, 2.05) is 6.07 Å². The smallest absolute Gasteiger partial charge is 0.0641 e. The molecular formula is C13H18Cl3N. The van der Waals surface area contributed by atoms with Crippen LogP contribution < -0.4 is 5.73 Å². The fourth-order valence-electron chi connectivity index (χ4n) is 2.06. The van der Waals surface area contributed by atoms with E-state index in [0.717, 1.165) is 31.2 Å². The van der Waals surface area contributed by atoms with E-state index in [1.54, 1.807) is 6.07 Å². The Morgan fingerprint density at radius 2 is 1.76 bits per heavy atom. The Hall–Kier alpha value is 0.0500. The van der Waals surface area contributed by atoms with Gasteiger partial charge in [-0.15, -0.1) is 0 Å². The summed E-state index contributed by atoms with van der Waals surface area (Å²) >= 11 is 18.5. The van der Waals surface area contributed by atoms with E-state index < -0.39 is 0 Å². The maximum Gasteiger partial charge on any atom is 0.0641 e. The van der Waals surface area contributed by atoms with Crippen molar-refractivity contribution in [3.8, 4) is 0 Å². The summed E-state index contributed by atoms with van der Waals surface area (Å²) in [6.07, 6.45) is 4.13. The van der Waals surface area contributed by atoms with Crippen LogP contribution in [-0.4, -0.2) is 6.54 Å².